The van der Waals surface area contributed by atoms with Gasteiger partial charge < -0.3 is 9.47 Å². The number of ether oxygens (including phenoxy) is 2. The molecule has 0 saturated heterocycles. The molecule has 2 rings (SSSR count). The minimum Gasteiger partial charge on any atom is -0.452 e. The van der Waals surface area contributed by atoms with E-state index < -0.39 is 0 Å². The third-order valence-corrected chi connectivity index (χ3v) is 2.21. The van der Waals surface area contributed by atoms with Crippen LogP contribution in [-0.4, -0.2) is 11.0 Å². The standard InChI is InChI=1S/C10H8O3S/c1-6(11)7-2-3-9-8(4-7)5-12-10(14)13-9/h2-4H,5H2,1H3. The summed E-state index contributed by atoms with van der Waals surface area (Å²) >= 11 is 4.75. The van der Waals surface area contributed by atoms with Crippen molar-refractivity contribution in [1.29, 1.82) is 0 Å². The van der Waals surface area contributed by atoms with Gasteiger partial charge in [-0.2, -0.15) is 0 Å². The fraction of sp³-hybridized carbons (Fsp3) is 0.200. The summed E-state index contributed by atoms with van der Waals surface area (Å²) in [5.41, 5.74) is 1.51. The van der Waals surface area contributed by atoms with Crippen LogP contribution < -0.4 is 4.74 Å². The Morgan fingerprint density at radius 2 is 2.29 bits per heavy atom. The Bertz CT molecular complexity index is 412. The smallest absolute Gasteiger partial charge is 0.358 e. The van der Waals surface area contributed by atoms with Crippen LogP contribution in [0.4, 0.5) is 0 Å². The highest BCUT2D eigenvalue weighted by Gasteiger charge is 2.16. The second-order valence-corrected chi connectivity index (χ2v) is 3.35. The van der Waals surface area contributed by atoms with E-state index in [2.05, 4.69) is 0 Å². The second-order valence-electron chi connectivity index (χ2n) is 3.02. The number of hydrogen-bond acceptors (Lipinski definition) is 4. The van der Waals surface area contributed by atoms with Crippen LogP contribution in [0.2, 0.25) is 0 Å². The van der Waals surface area contributed by atoms with Gasteiger partial charge in [0.05, 0.1) is 0 Å². The summed E-state index contributed by atoms with van der Waals surface area (Å²) in [4.78, 5) is 11.1. The van der Waals surface area contributed by atoms with Gasteiger partial charge in [0.2, 0.25) is 0 Å². The molecule has 0 amide bonds. The first-order chi connectivity index (χ1) is 6.66. The van der Waals surface area contributed by atoms with Crippen molar-refractivity contribution in [3.63, 3.8) is 0 Å². The maximum Gasteiger partial charge on any atom is 0.358 e. The summed E-state index contributed by atoms with van der Waals surface area (Å²) in [6.07, 6.45) is 0. The van der Waals surface area contributed by atoms with Crippen molar-refractivity contribution in [2.45, 2.75) is 13.5 Å². The summed E-state index contributed by atoms with van der Waals surface area (Å²) in [5, 5.41) is 0.132. The zero-order valence-corrected chi connectivity index (χ0v) is 8.39. The normalized spacial score (nSPS) is 13.9. The van der Waals surface area contributed by atoms with E-state index in [4.69, 9.17) is 21.7 Å². The molecule has 0 fully saturated rings. The first kappa shape index (κ1) is 9.15. The molecule has 0 saturated carbocycles. The van der Waals surface area contributed by atoms with Gasteiger partial charge in [-0.15, -0.1) is 0 Å². The van der Waals surface area contributed by atoms with Crippen molar-refractivity contribution < 1.29 is 14.3 Å². The van der Waals surface area contributed by atoms with Crippen molar-refractivity contribution >= 4 is 23.2 Å². The molecular formula is C10H8O3S. The number of fused-ring (bicyclic) bond motifs is 1. The molecule has 3 nitrogen and oxygen atoms in total. The summed E-state index contributed by atoms with van der Waals surface area (Å²) < 4.78 is 10.2. The van der Waals surface area contributed by atoms with Crippen molar-refractivity contribution in [2.75, 3.05) is 0 Å². The number of rotatable bonds is 1. The number of hydrogen-bond donors (Lipinski definition) is 0. The Balaban J connectivity index is 2.41. The van der Waals surface area contributed by atoms with Gasteiger partial charge in [-0.05, 0) is 25.1 Å². The van der Waals surface area contributed by atoms with E-state index in [1.165, 1.54) is 6.92 Å². The Labute approximate surface area is 86.6 Å². The van der Waals surface area contributed by atoms with Crippen LogP contribution >= 0.6 is 12.2 Å². The van der Waals surface area contributed by atoms with Crippen LogP contribution in [0.3, 0.4) is 0 Å². The summed E-state index contributed by atoms with van der Waals surface area (Å²) in [5.74, 6) is 0.701. The monoisotopic (exact) mass is 208 g/mol. The molecule has 0 atom stereocenters. The topological polar surface area (TPSA) is 35.5 Å². The predicted molar refractivity (Wildman–Crippen MR) is 54.5 cm³/mol. The third kappa shape index (κ3) is 1.61. The molecule has 1 aromatic carbocycles. The SMILES string of the molecule is CC(=O)c1ccc2c(c1)COC(=S)O2. The largest absolute Gasteiger partial charge is 0.452 e. The third-order valence-electron chi connectivity index (χ3n) is 2.01. The lowest BCUT2D eigenvalue weighted by Crippen LogP contribution is -2.17. The lowest BCUT2D eigenvalue weighted by Gasteiger charge is -2.18. The summed E-state index contributed by atoms with van der Waals surface area (Å²) in [6.45, 7) is 1.90. The molecule has 0 aromatic heterocycles. The summed E-state index contributed by atoms with van der Waals surface area (Å²) in [7, 11) is 0. The number of ketones is 1. The molecule has 0 N–H and O–H groups in total. The number of Topliss-reactive ketones (excluding diaryl/α,β-unsaturated/α-hetero) is 1. The molecule has 1 aromatic rings. The van der Waals surface area contributed by atoms with Crippen molar-refractivity contribution in [2.24, 2.45) is 0 Å². The van der Waals surface area contributed by atoms with Crippen LogP contribution in [0.25, 0.3) is 0 Å². The lowest BCUT2D eigenvalue weighted by molar-refractivity contribution is 0.101. The number of thiocarbonyl (C=S) groups is 1. The minimum absolute atomic E-state index is 0.0287. The van der Waals surface area contributed by atoms with Crippen LogP contribution in [0.1, 0.15) is 22.8 Å². The quantitative estimate of drug-likeness (QED) is 0.523. The predicted octanol–water partition coefficient (Wildman–Crippen LogP) is 2.08. The van der Waals surface area contributed by atoms with E-state index in [9.17, 15) is 4.79 Å². The molecule has 0 spiro atoms. The fourth-order valence-electron chi connectivity index (χ4n) is 1.27. The van der Waals surface area contributed by atoms with Crippen LogP contribution in [0.15, 0.2) is 18.2 Å². The van der Waals surface area contributed by atoms with E-state index in [-0.39, 0.29) is 11.0 Å². The van der Waals surface area contributed by atoms with Crippen LogP contribution in [0.5, 0.6) is 5.75 Å². The number of carbonyl (C=O) groups excluding carboxylic acids is 1. The van der Waals surface area contributed by atoms with E-state index in [0.717, 1.165) is 5.56 Å². The number of benzene rings is 1. The van der Waals surface area contributed by atoms with Gasteiger partial charge in [-0.3, -0.25) is 4.79 Å². The van der Waals surface area contributed by atoms with Gasteiger partial charge in [0.25, 0.3) is 0 Å². The Morgan fingerprint density at radius 1 is 1.50 bits per heavy atom. The molecule has 0 unspecified atom stereocenters. The second kappa shape index (κ2) is 3.38. The van der Waals surface area contributed by atoms with Crippen molar-refractivity contribution in [3.8, 4) is 5.75 Å². The molecule has 0 aliphatic carbocycles. The van der Waals surface area contributed by atoms with Gasteiger partial charge in [0.15, 0.2) is 5.78 Å². The maximum absolute atomic E-state index is 11.1. The zero-order chi connectivity index (χ0) is 10.1. The highest BCUT2D eigenvalue weighted by atomic mass is 32.1. The number of carbonyl (C=O) groups is 1. The van der Waals surface area contributed by atoms with E-state index in [1.807, 2.05) is 0 Å². The zero-order valence-electron chi connectivity index (χ0n) is 7.57. The molecule has 0 bridgehead atoms. The Kier molecular flexibility index (Phi) is 2.21. The van der Waals surface area contributed by atoms with Gasteiger partial charge in [0.1, 0.15) is 12.4 Å². The Hall–Kier alpha value is -1.42. The maximum atomic E-state index is 11.1. The van der Waals surface area contributed by atoms with E-state index in [1.54, 1.807) is 18.2 Å². The molecule has 4 heteroatoms. The average molecular weight is 208 g/mol. The van der Waals surface area contributed by atoms with E-state index in [0.29, 0.717) is 17.9 Å². The van der Waals surface area contributed by atoms with Gasteiger partial charge in [0, 0.05) is 23.3 Å². The Morgan fingerprint density at radius 3 is 3.00 bits per heavy atom. The molecular weight excluding hydrogens is 200 g/mol. The molecule has 1 heterocycles. The molecule has 14 heavy (non-hydrogen) atoms. The van der Waals surface area contributed by atoms with Crippen LogP contribution in [0, 0.1) is 0 Å². The van der Waals surface area contributed by atoms with E-state index >= 15 is 0 Å². The van der Waals surface area contributed by atoms with Gasteiger partial charge in [-0.1, -0.05) is 0 Å². The average Bonchev–Trinajstić information content (AvgIpc) is 2.16. The van der Waals surface area contributed by atoms with Gasteiger partial charge >= 0.3 is 5.24 Å². The first-order valence-corrected chi connectivity index (χ1v) is 4.56. The van der Waals surface area contributed by atoms with Gasteiger partial charge in [-0.25, -0.2) is 0 Å². The fourth-order valence-corrected chi connectivity index (χ4v) is 1.42. The molecule has 72 valence electrons. The van der Waals surface area contributed by atoms with Crippen molar-refractivity contribution in [3.05, 3.63) is 29.3 Å². The first-order valence-electron chi connectivity index (χ1n) is 4.15. The highest BCUT2D eigenvalue weighted by Crippen LogP contribution is 2.25. The lowest BCUT2D eigenvalue weighted by atomic mass is 10.1. The summed E-state index contributed by atoms with van der Waals surface area (Å²) in [6, 6.07) is 5.22. The highest BCUT2D eigenvalue weighted by molar-refractivity contribution is 7.79. The molecule has 1 aliphatic rings. The minimum atomic E-state index is 0.0287. The van der Waals surface area contributed by atoms with Crippen molar-refractivity contribution in [1.82, 2.24) is 0 Å². The van der Waals surface area contributed by atoms with Crippen LogP contribution in [-0.2, 0) is 11.3 Å². The molecule has 0 radical (unpaired) electrons. The molecule has 1 aliphatic heterocycles.